The molecule has 0 spiro atoms. The topological polar surface area (TPSA) is 40.8 Å². The van der Waals surface area contributed by atoms with Crippen LogP contribution < -0.4 is 4.57 Å². The largest absolute Gasteiger partial charge is 0.454 e. The van der Waals surface area contributed by atoms with E-state index in [0.29, 0.717) is 42.4 Å². The Balaban J connectivity index is 1.26. The van der Waals surface area contributed by atoms with Crippen LogP contribution in [0, 0.1) is 25.1 Å². The van der Waals surface area contributed by atoms with Crippen molar-refractivity contribution in [3.8, 4) is 28.5 Å². The Morgan fingerprint density at radius 2 is 1.48 bits per heavy atom. The minimum Gasteiger partial charge on any atom is -0.454 e. The molecule has 0 amide bonds. The van der Waals surface area contributed by atoms with Gasteiger partial charge in [0.25, 0.3) is 0 Å². The van der Waals surface area contributed by atoms with E-state index < -0.39 is 18.6 Å². The third-order valence-corrected chi connectivity index (χ3v) is 8.80. The highest BCUT2D eigenvalue weighted by atomic mass is 16.3. The van der Waals surface area contributed by atoms with Gasteiger partial charge < -0.3 is 4.42 Å². The van der Waals surface area contributed by atoms with Crippen LogP contribution in [-0.2, 0) is 7.05 Å². The van der Waals surface area contributed by atoms with Gasteiger partial charge in [0.15, 0.2) is 6.20 Å². The number of furan rings is 1. The highest BCUT2D eigenvalue weighted by Crippen LogP contribution is 2.44. The Bertz CT molecular complexity index is 2200. The van der Waals surface area contributed by atoms with E-state index in [2.05, 4.69) is 35.8 Å². The molecule has 1 aliphatic rings. The molecule has 6 aromatic rings. The number of aryl methyl sites for hydroxylation is 3. The van der Waals surface area contributed by atoms with E-state index in [0.717, 1.165) is 49.9 Å². The Morgan fingerprint density at radius 1 is 0.786 bits per heavy atom. The molecule has 0 saturated heterocycles. The van der Waals surface area contributed by atoms with Crippen LogP contribution in [0.4, 0.5) is 0 Å². The normalized spacial score (nSPS) is 22.5. The summed E-state index contributed by atoms with van der Waals surface area (Å²) in [5, 5.41) is 12.1. The van der Waals surface area contributed by atoms with Gasteiger partial charge in [-0.05, 0) is 97.3 Å². The van der Waals surface area contributed by atoms with E-state index in [1.807, 2.05) is 61.8 Å². The van der Waals surface area contributed by atoms with Crippen molar-refractivity contribution in [1.29, 1.82) is 5.26 Å². The van der Waals surface area contributed by atoms with Gasteiger partial charge in [-0.2, -0.15) is 5.26 Å². The molecule has 3 nitrogen and oxygen atoms in total. The van der Waals surface area contributed by atoms with Gasteiger partial charge in [-0.1, -0.05) is 60.7 Å². The Hall–Kier alpha value is -4.68. The lowest BCUT2D eigenvalue weighted by atomic mass is 9.75. The molecule has 1 aliphatic carbocycles. The summed E-state index contributed by atoms with van der Waals surface area (Å²) >= 11 is 0. The molecule has 0 aliphatic heterocycles. The molecular weight excluding hydrogens is 512 g/mol. The molecule has 206 valence electrons. The summed E-state index contributed by atoms with van der Waals surface area (Å²) in [6, 6.07) is 31.1. The molecule has 0 bridgehead atoms. The van der Waals surface area contributed by atoms with E-state index in [1.165, 1.54) is 0 Å². The van der Waals surface area contributed by atoms with Gasteiger partial charge in [-0.25, -0.2) is 4.57 Å². The van der Waals surface area contributed by atoms with E-state index >= 15 is 0 Å². The predicted molar refractivity (Wildman–Crippen MR) is 170 cm³/mol. The second-order valence-electron chi connectivity index (χ2n) is 11.2. The van der Waals surface area contributed by atoms with Crippen molar-refractivity contribution < 1.29 is 15.8 Å². The van der Waals surface area contributed by atoms with Gasteiger partial charge >= 0.3 is 0 Å². The van der Waals surface area contributed by atoms with Gasteiger partial charge in [-0.3, -0.25) is 0 Å². The quantitative estimate of drug-likeness (QED) is 0.204. The summed E-state index contributed by atoms with van der Waals surface area (Å²) in [6.45, 7) is -0.213. The first kappa shape index (κ1) is 21.1. The van der Waals surface area contributed by atoms with Gasteiger partial charge in [-0.15, -0.1) is 0 Å². The monoisotopic (exact) mass is 552 g/mol. The highest BCUT2D eigenvalue weighted by Gasteiger charge is 2.26. The summed E-state index contributed by atoms with van der Waals surface area (Å²) in [5.74, 6) is -1.96. The maximum atomic E-state index is 10.2. The number of hydrogen-bond acceptors (Lipinski definition) is 2. The summed E-state index contributed by atoms with van der Waals surface area (Å²) in [5.41, 5.74) is 8.26. The molecule has 3 heteroatoms. The molecule has 2 heterocycles. The first-order valence-electron chi connectivity index (χ1n) is 17.0. The van der Waals surface area contributed by atoms with Crippen molar-refractivity contribution in [1.82, 2.24) is 0 Å². The van der Waals surface area contributed by atoms with Crippen molar-refractivity contribution in [3.63, 3.8) is 0 Å². The summed E-state index contributed by atoms with van der Waals surface area (Å²) in [7, 11) is 2.02. The lowest BCUT2D eigenvalue weighted by molar-refractivity contribution is -0.660. The van der Waals surface area contributed by atoms with Crippen molar-refractivity contribution in [3.05, 3.63) is 125 Å². The Labute approximate surface area is 254 Å². The number of fused-ring (bicyclic) bond motifs is 3. The maximum Gasteiger partial charge on any atom is 0.216 e. The molecule has 4 aromatic carbocycles. The first-order valence-corrected chi connectivity index (χ1v) is 14.5. The third-order valence-electron chi connectivity index (χ3n) is 8.80. The van der Waals surface area contributed by atoms with Crippen molar-refractivity contribution in [2.45, 2.75) is 51.2 Å². The SMILES string of the molecule is [2H]C([2H])([2H])c1ccccc1C1([2H])CCC([2H])(c2ccc(-c3c(C#N)ccc4c3oc3c(-c5cccc[n+]5C)c(C)ccc34)cc2)CC1. The first-order chi connectivity index (χ1) is 22.4. The van der Waals surface area contributed by atoms with Crippen LogP contribution in [0.15, 0.2) is 102 Å². The lowest BCUT2D eigenvalue weighted by Gasteiger charge is -2.30. The maximum absolute atomic E-state index is 10.2. The summed E-state index contributed by atoms with van der Waals surface area (Å²) in [6.07, 6.45) is 3.68. The molecule has 1 saturated carbocycles. The molecule has 1 fully saturated rings. The Kier molecular flexibility index (Phi) is 5.33. The minimum atomic E-state index is -2.29. The second kappa shape index (κ2) is 10.6. The minimum absolute atomic E-state index is 0.227. The molecule has 42 heavy (non-hydrogen) atoms. The fraction of sp³-hybridized carbons (Fsp3) is 0.231. The fourth-order valence-electron chi connectivity index (χ4n) is 6.56. The van der Waals surface area contributed by atoms with Crippen molar-refractivity contribution in [2.75, 3.05) is 0 Å². The molecule has 0 atom stereocenters. The third kappa shape index (κ3) is 4.39. The summed E-state index contributed by atoms with van der Waals surface area (Å²) < 4.78 is 51.4. The van der Waals surface area contributed by atoms with Gasteiger partial charge in [0.2, 0.25) is 5.69 Å². The number of nitriles is 1. The molecule has 2 aromatic heterocycles. The van der Waals surface area contributed by atoms with Crippen LogP contribution in [-0.4, -0.2) is 0 Å². The molecule has 7 rings (SSSR count). The van der Waals surface area contributed by atoms with E-state index in [9.17, 15) is 8.00 Å². The molecule has 0 unspecified atom stereocenters. The predicted octanol–water partition coefficient (Wildman–Crippen LogP) is 9.67. The van der Waals surface area contributed by atoms with Crippen LogP contribution in [0.25, 0.3) is 44.3 Å². The van der Waals surface area contributed by atoms with Crippen LogP contribution in [0.5, 0.6) is 0 Å². The average Bonchev–Trinajstić information content (AvgIpc) is 3.44. The Morgan fingerprint density at radius 3 is 2.21 bits per heavy atom. The number of nitrogens with zero attached hydrogens (tertiary/aromatic N) is 2. The molecular formula is C39H35N2O+. The van der Waals surface area contributed by atoms with Crippen LogP contribution in [0.1, 0.15) is 72.1 Å². The molecule has 0 N–H and O–H groups in total. The zero-order valence-electron chi connectivity index (χ0n) is 28.9. The number of rotatable bonds is 4. The molecule has 0 radical (unpaired) electrons. The summed E-state index contributed by atoms with van der Waals surface area (Å²) in [4.78, 5) is 0. The lowest BCUT2D eigenvalue weighted by Crippen LogP contribution is -2.30. The number of benzene rings is 4. The number of hydrogen-bond donors (Lipinski definition) is 0. The van der Waals surface area contributed by atoms with Gasteiger partial charge in [0.1, 0.15) is 18.2 Å². The van der Waals surface area contributed by atoms with Crippen LogP contribution >= 0.6 is 0 Å². The smallest absolute Gasteiger partial charge is 0.216 e. The van der Waals surface area contributed by atoms with E-state index in [1.54, 1.807) is 24.3 Å². The van der Waals surface area contributed by atoms with Gasteiger partial charge in [0.05, 0.1) is 17.2 Å². The number of aromatic nitrogens is 1. The zero-order chi connectivity index (χ0) is 33.1. The van der Waals surface area contributed by atoms with Crippen molar-refractivity contribution >= 4 is 21.9 Å². The fourth-order valence-corrected chi connectivity index (χ4v) is 6.56. The van der Waals surface area contributed by atoms with Crippen LogP contribution in [0.3, 0.4) is 0 Å². The van der Waals surface area contributed by atoms with Crippen molar-refractivity contribution in [2.24, 2.45) is 7.05 Å². The highest BCUT2D eigenvalue weighted by molar-refractivity contribution is 6.14. The zero-order valence-corrected chi connectivity index (χ0v) is 23.9. The van der Waals surface area contributed by atoms with E-state index in [4.69, 9.17) is 8.53 Å². The van der Waals surface area contributed by atoms with E-state index in [-0.39, 0.29) is 5.56 Å². The second-order valence-corrected chi connectivity index (χ2v) is 11.2. The van der Waals surface area contributed by atoms with Crippen LogP contribution in [0.2, 0.25) is 0 Å². The van der Waals surface area contributed by atoms with Gasteiger partial charge in [0, 0.05) is 35.3 Å². The number of pyridine rings is 1. The average molecular weight is 553 g/mol. The standard InChI is InChI=1S/C39H35N2O/c1-25-8-4-5-9-32(25)29-16-12-27(13-17-29)28-14-18-30(19-15-28)37-31(24-40)20-22-34-33-21-11-26(2)36(38(33)42-39(34)37)35-10-6-7-23-41(35)3/h4-11,14-15,18-23,27,29H,12-13,16-17H2,1-3H3/q+1/i1D3,27D,29D.